The lowest BCUT2D eigenvalue weighted by atomic mass is 10.2. The van der Waals surface area contributed by atoms with E-state index in [9.17, 15) is 9.59 Å². The standard InChI is InChI=1S/C18H30N4O2/c1-14-12-16(3)22(20-14)13-15(2)19-17(23)8-9-18(24)21-10-6-4-5-7-11-21/h12,15H,4-11,13H2,1-3H3,(H,19,23). The number of carbonyl (C=O) groups is 2. The molecule has 1 saturated heterocycles. The van der Waals surface area contributed by atoms with Gasteiger partial charge in [0, 0.05) is 37.7 Å². The molecule has 6 heteroatoms. The second-order valence-corrected chi connectivity index (χ2v) is 6.87. The van der Waals surface area contributed by atoms with Gasteiger partial charge in [-0.1, -0.05) is 12.8 Å². The molecule has 2 heterocycles. The first kappa shape index (κ1) is 18.5. The van der Waals surface area contributed by atoms with Crippen LogP contribution in [0.3, 0.4) is 0 Å². The normalized spacial score (nSPS) is 16.5. The van der Waals surface area contributed by atoms with Gasteiger partial charge in [0.15, 0.2) is 0 Å². The van der Waals surface area contributed by atoms with E-state index in [1.165, 1.54) is 12.8 Å². The Morgan fingerprint density at radius 3 is 2.42 bits per heavy atom. The van der Waals surface area contributed by atoms with Crippen LogP contribution in [0.15, 0.2) is 6.07 Å². The van der Waals surface area contributed by atoms with Crippen LogP contribution in [-0.4, -0.2) is 45.6 Å². The smallest absolute Gasteiger partial charge is 0.223 e. The Hall–Kier alpha value is -1.85. The summed E-state index contributed by atoms with van der Waals surface area (Å²) in [5, 5.41) is 7.37. The number of nitrogens with zero attached hydrogens (tertiary/aromatic N) is 3. The maximum absolute atomic E-state index is 12.2. The van der Waals surface area contributed by atoms with Crippen molar-refractivity contribution in [3.63, 3.8) is 0 Å². The third-order valence-electron chi connectivity index (χ3n) is 4.48. The first-order chi connectivity index (χ1) is 11.5. The molecule has 2 amide bonds. The van der Waals surface area contributed by atoms with Gasteiger partial charge in [-0.25, -0.2) is 0 Å². The fourth-order valence-electron chi connectivity index (χ4n) is 3.21. The highest BCUT2D eigenvalue weighted by Gasteiger charge is 2.17. The van der Waals surface area contributed by atoms with Gasteiger partial charge in [-0.15, -0.1) is 0 Å². The van der Waals surface area contributed by atoms with E-state index in [4.69, 9.17) is 0 Å². The molecule has 1 aromatic rings. The molecule has 1 aromatic heterocycles. The molecule has 24 heavy (non-hydrogen) atoms. The maximum Gasteiger partial charge on any atom is 0.223 e. The van der Waals surface area contributed by atoms with Gasteiger partial charge in [-0.05, 0) is 39.7 Å². The Morgan fingerprint density at radius 1 is 1.17 bits per heavy atom. The van der Waals surface area contributed by atoms with Crippen molar-refractivity contribution < 1.29 is 9.59 Å². The van der Waals surface area contributed by atoms with Crippen LogP contribution in [0.5, 0.6) is 0 Å². The van der Waals surface area contributed by atoms with E-state index in [-0.39, 0.29) is 24.3 Å². The number of hydrogen-bond donors (Lipinski definition) is 1. The van der Waals surface area contributed by atoms with Gasteiger partial charge in [0.2, 0.25) is 11.8 Å². The summed E-state index contributed by atoms with van der Waals surface area (Å²) in [5.41, 5.74) is 2.07. The number of likely N-dealkylation sites (tertiary alicyclic amines) is 1. The predicted octanol–water partition coefficient (Wildman–Crippen LogP) is 2.19. The van der Waals surface area contributed by atoms with Crippen molar-refractivity contribution in [1.82, 2.24) is 20.0 Å². The van der Waals surface area contributed by atoms with Gasteiger partial charge in [-0.2, -0.15) is 5.10 Å². The van der Waals surface area contributed by atoms with Crippen molar-refractivity contribution in [2.24, 2.45) is 0 Å². The van der Waals surface area contributed by atoms with Crippen molar-refractivity contribution in [1.29, 1.82) is 0 Å². The van der Waals surface area contributed by atoms with Crippen LogP contribution >= 0.6 is 0 Å². The van der Waals surface area contributed by atoms with Crippen molar-refractivity contribution in [2.45, 2.75) is 71.9 Å². The van der Waals surface area contributed by atoms with Gasteiger partial charge in [-0.3, -0.25) is 14.3 Å². The molecule has 1 aliphatic rings. The molecule has 1 fully saturated rings. The number of hydrogen-bond acceptors (Lipinski definition) is 3. The third kappa shape index (κ3) is 5.65. The minimum atomic E-state index is -0.0628. The zero-order valence-electron chi connectivity index (χ0n) is 15.2. The molecular weight excluding hydrogens is 304 g/mol. The van der Waals surface area contributed by atoms with E-state index in [1.54, 1.807) is 0 Å². The van der Waals surface area contributed by atoms with Crippen LogP contribution < -0.4 is 5.32 Å². The lowest BCUT2D eigenvalue weighted by Crippen LogP contribution is -2.37. The number of amides is 2. The molecule has 0 aromatic carbocycles. The largest absolute Gasteiger partial charge is 0.352 e. The fourth-order valence-corrected chi connectivity index (χ4v) is 3.21. The molecule has 0 spiro atoms. The summed E-state index contributed by atoms with van der Waals surface area (Å²) >= 11 is 0. The Labute approximate surface area is 144 Å². The molecule has 0 bridgehead atoms. The topological polar surface area (TPSA) is 67.2 Å². The second-order valence-electron chi connectivity index (χ2n) is 6.87. The average molecular weight is 334 g/mol. The molecule has 0 aliphatic carbocycles. The first-order valence-electron chi connectivity index (χ1n) is 9.04. The molecule has 1 atom stereocenters. The molecule has 2 rings (SSSR count). The van der Waals surface area contributed by atoms with E-state index in [0.29, 0.717) is 13.0 Å². The number of aromatic nitrogens is 2. The monoisotopic (exact) mass is 334 g/mol. The Kier molecular flexibility index (Phi) is 6.82. The molecule has 1 N–H and O–H groups in total. The Balaban J connectivity index is 1.72. The third-order valence-corrected chi connectivity index (χ3v) is 4.48. The predicted molar refractivity (Wildman–Crippen MR) is 93.6 cm³/mol. The molecule has 6 nitrogen and oxygen atoms in total. The zero-order valence-corrected chi connectivity index (χ0v) is 15.2. The van der Waals surface area contributed by atoms with E-state index < -0.39 is 0 Å². The van der Waals surface area contributed by atoms with Crippen LogP contribution in [0.4, 0.5) is 0 Å². The van der Waals surface area contributed by atoms with Crippen molar-refractivity contribution in [3.05, 3.63) is 17.5 Å². The second kappa shape index (κ2) is 8.85. The van der Waals surface area contributed by atoms with Crippen LogP contribution in [0.2, 0.25) is 0 Å². The van der Waals surface area contributed by atoms with Gasteiger partial charge in [0.05, 0.1) is 12.2 Å². The summed E-state index contributed by atoms with van der Waals surface area (Å²) in [5.74, 6) is 0.0467. The Bertz CT molecular complexity index is 559. The molecule has 0 radical (unpaired) electrons. The van der Waals surface area contributed by atoms with Gasteiger partial charge < -0.3 is 10.2 Å². The summed E-state index contributed by atoms with van der Waals surface area (Å²) < 4.78 is 1.91. The first-order valence-corrected chi connectivity index (χ1v) is 9.04. The van der Waals surface area contributed by atoms with Crippen LogP contribution in [0.1, 0.15) is 56.8 Å². The molecule has 134 valence electrons. The number of nitrogens with one attached hydrogen (secondary N) is 1. The summed E-state index contributed by atoms with van der Waals surface area (Å²) in [6.45, 7) is 8.26. The van der Waals surface area contributed by atoms with Gasteiger partial charge in [0.1, 0.15) is 0 Å². The van der Waals surface area contributed by atoms with Crippen LogP contribution in [-0.2, 0) is 16.1 Å². The van der Waals surface area contributed by atoms with Crippen molar-refractivity contribution in [3.8, 4) is 0 Å². The van der Waals surface area contributed by atoms with E-state index in [1.807, 2.05) is 36.4 Å². The molecular formula is C18H30N4O2. The van der Waals surface area contributed by atoms with E-state index in [0.717, 1.165) is 37.3 Å². The highest BCUT2D eigenvalue weighted by atomic mass is 16.2. The van der Waals surface area contributed by atoms with Crippen LogP contribution in [0, 0.1) is 13.8 Å². The summed E-state index contributed by atoms with van der Waals surface area (Å²) in [6.07, 6.45) is 5.13. The summed E-state index contributed by atoms with van der Waals surface area (Å²) in [6, 6.07) is 2.01. The number of carbonyl (C=O) groups excluding carboxylic acids is 2. The van der Waals surface area contributed by atoms with Crippen LogP contribution in [0.25, 0.3) is 0 Å². The highest BCUT2D eigenvalue weighted by Crippen LogP contribution is 2.11. The lowest BCUT2D eigenvalue weighted by molar-refractivity contribution is -0.133. The highest BCUT2D eigenvalue weighted by molar-refractivity contribution is 5.83. The molecule has 0 saturated carbocycles. The van der Waals surface area contributed by atoms with Crippen molar-refractivity contribution in [2.75, 3.05) is 13.1 Å². The van der Waals surface area contributed by atoms with Gasteiger partial charge in [0.25, 0.3) is 0 Å². The minimum Gasteiger partial charge on any atom is -0.352 e. The SMILES string of the molecule is Cc1cc(C)n(CC(C)NC(=O)CCC(=O)N2CCCCCC2)n1. The molecule has 1 unspecified atom stereocenters. The average Bonchev–Trinajstić information content (AvgIpc) is 2.73. The van der Waals surface area contributed by atoms with Gasteiger partial charge >= 0.3 is 0 Å². The lowest BCUT2D eigenvalue weighted by Gasteiger charge is -2.20. The zero-order chi connectivity index (χ0) is 17.5. The number of rotatable bonds is 6. The minimum absolute atomic E-state index is 0.0104. The van der Waals surface area contributed by atoms with E-state index in [2.05, 4.69) is 10.4 Å². The van der Waals surface area contributed by atoms with E-state index >= 15 is 0 Å². The fraction of sp³-hybridized carbons (Fsp3) is 0.722. The quantitative estimate of drug-likeness (QED) is 0.867. The molecule has 1 aliphatic heterocycles. The number of aryl methyl sites for hydroxylation is 2. The summed E-state index contributed by atoms with van der Waals surface area (Å²) in [7, 11) is 0. The Morgan fingerprint density at radius 2 is 1.83 bits per heavy atom. The maximum atomic E-state index is 12.2. The van der Waals surface area contributed by atoms with Crippen molar-refractivity contribution >= 4 is 11.8 Å². The summed E-state index contributed by atoms with van der Waals surface area (Å²) in [4.78, 5) is 26.2.